The van der Waals surface area contributed by atoms with E-state index in [4.69, 9.17) is 0 Å². The van der Waals surface area contributed by atoms with Crippen molar-refractivity contribution in [2.45, 2.75) is 67.2 Å². The first-order chi connectivity index (χ1) is 15.8. The lowest BCUT2D eigenvalue weighted by Crippen LogP contribution is -2.16. The van der Waals surface area contributed by atoms with Crippen molar-refractivity contribution >= 4 is 21.5 Å². The van der Waals surface area contributed by atoms with E-state index in [1.54, 1.807) is 55.5 Å². The van der Waals surface area contributed by atoms with Crippen LogP contribution in [0.1, 0.15) is 74.4 Å². The molecular formula is C27H38N2O3S. The Labute approximate surface area is 200 Å². The summed E-state index contributed by atoms with van der Waals surface area (Å²) in [7, 11) is -3.81. The van der Waals surface area contributed by atoms with Gasteiger partial charge < -0.3 is 0 Å². The van der Waals surface area contributed by atoms with E-state index in [-0.39, 0.29) is 27.6 Å². The predicted octanol–water partition coefficient (Wildman–Crippen LogP) is 7.12. The van der Waals surface area contributed by atoms with Crippen LogP contribution in [0.5, 0.6) is 0 Å². The Bertz CT molecular complexity index is 1110. The molecule has 0 unspecified atom stereocenters. The summed E-state index contributed by atoms with van der Waals surface area (Å²) >= 11 is 0. The third kappa shape index (κ3) is 8.81. The molecule has 3 rings (SSSR count). The van der Waals surface area contributed by atoms with Crippen LogP contribution >= 0.6 is 0 Å². The fourth-order valence-electron chi connectivity index (χ4n) is 2.66. The van der Waals surface area contributed by atoms with E-state index >= 15 is 0 Å². The van der Waals surface area contributed by atoms with Crippen LogP contribution in [0, 0.1) is 20.8 Å². The van der Waals surface area contributed by atoms with Crippen LogP contribution in [0.15, 0.2) is 65.6 Å². The number of anilines is 1. The number of rotatable bonds is 5. The number of hydrogen-bond donors (Lipinski definition) is 1. The number of benzene rings is 2. The quantitative estimate of drug-likeness (QED) is 0.403. The molecule has 1 aromatic heterocycles. The Balaban J connectivity index is 0.00000158. The Morgan fingerprint density at radius 1 is 0.758 bits per heavy atom. The predicted molar refractivity (Wildman–Crippen MR) is 140 cm³/mol. The van der Waals surface area contributed by atoms with Gasteiger partial charge in [0.05, 0.1) is 10.6 Å². The van der Waals surface area contributed by atoms with Gasteiger partial charge in [-0.2, -0.15) is 0 Å². The lowest BCUT2D eigenvalue weighted by atomic mass is 10.0. The van der Waals surface area contributed by atoms with E-state index in [0.29, 0.717) is 0 Å². The first kappa shape index (κ1) is 30.0. The van der Waals surface area contributed by atoms with E-state index in [9.17, 15) is 13.2 Å². The molecule has 0 spiro atoms. The first-order valence-corrected chi connectivity index (χ1v) is 12.9. The van der Waals surface area contributed by atoms with Gasteiger partial charge in [0.1, 0.15) is 5.69 Å². The maximum absolute atomic E-state index is 12.9. The number of carbonyl (C=O) groups excluding carboxylic acids is 1. The summed E-state index contributed by atoms with van der Waals surface area (Å²) in [6.07, 6.45) is 0. The molecular weight excluding hydrogens is 432 g/mol. The van der Waals surface area contributed by atoms with E-state index in [1.807, 2.05) is 55.4 Å². The molecule has 2 aromatic carbocycles. The smallest absolute Gasteiger partial charge is 0.261 e. The highest BCUT2D eigenvalue weighted by atomic mass is 32.2. The number of hydrogen-bond acceptors (Lipinski definition) is 4. The summed E-state index contributed by atoms with van der Waals surface area (Å²) in [5.74, 6) is -0.330. The van der Waals surface area contributed by atoms with Crippen LogP contribution in [0.25, 0.3) is 0 Å². The van der Waals surface area contributed by atoms with Gasteiger partial charge in [0.25, 0.3) is 10.0 Å². The Hall–Kier alpha value is -2.99. The molecule has 0 bridgehead atoms. The molecule has 3 aromatic rings. The van der Waals surface area contributed by atoms with Gasteiger partial charge in [0.15, 0.2) is 0 Å². The molecule has 0 aliphatic rings. The van der Waals surface area contributed by atoms with Gasteiger partial charge in [-0.15, -0.1) is 0 Å². The van der Waals surface area contributed by atoms with Gasteiger partial charge in [0, 0.05) is 11.3 Å². The van der Waals surface area contributed by atoms with Gasteiger partial charge in [-0.1, -0.05) is 76.9 Å². The zero-order valence-corrected chi connectivity index (χ0v) is 22.2. The summed E-state index contributed by atoms with van der Waals surface area (Å²) in [5, 5.41) is 0. The van der Waals surface area contributed by atoms with Crippen molar-refractivity contribution in [3.63, 3.8) is 0 Å². The SMILES string of the molecule is CC.CC.CC.Cc1ccc(S(=O)(=O)Nc2ccc(C)cc2C(=O)c2cccc(C)n2)cc1. The van der Waals surface area contributed by atoms with Gasteiger partial charge in [-0.3, -0.25) is 9.52 Å². The summed E-state index contributed by atoms with van der Waals surface area (Å²) in [6, 6.07) is 16.7. The second kappa shape index (κ2) is 15.0. The van der Waals surface area contributed by atoms with Crippen LogP contribution in [0.3, 0.4) is 0 Å². The molecule has 0 aliphatic heterocycles. The number of nitrogens with zero attached hydrogens (tertiary/aromatic N) is 1. The van der Waals surface area contributed by atoms with Crippen LogP contribution in [0.2, 0.25) is 0 Å². The largest absolute Gasteiger partial charge is 0.287 e. The number of nitrogens with one attached hydrogen (secondary N) is 1. The lowest BCUT2D eigenvalue weighted by Gasteiger charge is -2.13. The molecule has 0 aliphatic carbocycles. The molecule has 1 N–H and O–H groups in total. The van der Waals surface area contributed by atoms with Gasteiger partial charge >= 0.3 is 0 Å². The number of aryl methyl sites for hydroxylation is 3. The maximum Gasteiger partial charge on any atom is 0.261 e. The van der Waals surface area contributed by atoms with Crippen molar-refractivity contribution in [3.8, 4) is 0 Å². The minimum Gasteiger partial charge on any atom is -0.287 e. The first-order valence-electron chi connectivity index (χ1n) is 11.4. The number of aromatic nitrogens is 1. The molecule has 0 saturated heterocycles. The van der Waals surface area contributed by atoms with E-state index in [1.165, 1.54) is 12.1 Å². The topological polar surface area (TPSA) is 76.1 Å². The molecule has 0 fully saturated rings. The molecule has 33 heavy (non-hydrogen) atoms. The lowest BCUT2D eigenvalue weighted by molar-refractivity contribution is 0.103. The highest BCUT2D eigenvalue weighted by molar-refractivity contribution is 7.92. The van der Waals surface area contributed by atoms with Crippen LogP contribution in [-0.4, -0.2) is 19.2 Å². The monoisotopic (exact) mass is 470 g/mol. The summed E-state index contributed by atoms with van der Waals surface area (Å²) in [5.41, 5.74) is 3.31. The van der Waals surface area contributed by atoms with E-state index < -0.39 is 10.0 Å². The Kier molecular flexibility index (Phi) is 13.6. The minimum atomic E-state index is -3.81. The number of pyridine rings is 1. The molecule has 180 valence electrons. The Morgan fingerprint density at radius 3 is 1.85 bits per heavy atom. The third-order valence-corrected chi connectivity index (χ3v) is 5.50. The van der Waals surface area contributed by atoms with Crippen molar-refractivity contribution in [1.82, 2.24) is 4.98 Å². The van der Waals surface area contributed by atoms with Crippen molar-refractivity contribution in [1.29, 1.82) is 0 Å². The standard InChI is InChI=1S/C21H20N2O3S.3C2H6/c1-14-7-10-17(11-8-14)27(25,26)23-19-12-9-15(2)13-18(19)21(24)20-6-4-5-16(3)22-20;3*1-2/h4-13,23H,1-3H3;3*1-2H3. The van der Waals surface area contributed by atoms with Crippen molar-refractivity contribution in [3.05, 3.63) is 88.7 Å². The molecule has 1 heterocycles. The average molecular weight is 471 g/mol. The maximum atomic E-state index is 12.9. The number of carbonyl (C=O) groups is 1. The van der Waals surface area contributed by atoms with Crippen LogP contribution in [-0.2, 0) is 10.0 Å². The Morgan fingerprint density at radius 2 is 1.30 bits per heavy atom. The number of sulfonamides is 1. The van der Waals surface area contributed by atoms with E-state index in [2.05, 4.69) is 9.71 Å². The van der Waals surface area contributed by atoms with Crippen molar-refractivity contribution < 1.29 is 13.2 Å². The summed E-state index contributed by atoms with van der Waals surface area (Å²) < 4.78 is 28.0. The zero-order valence-electron chi connectivity index (χ0n) is 21.4. The molecule has 0 radical (unpaired) electrons. The van der Waals surface area contributed by atoms with Gasteiger partial charge in [-0.05, 0) is 57.2 Å². The second-order valence-electron chi connectivity index (χ2n) is 6.46. The molecule has 0 amide bonds. The zero-order chi connectivity index (χ0) is 25.6. The van der Waals surface area contributed by atoms with Crippen LogP contribution < -0.4 is 4.72 Å². The number of ketones is 1. The summed E-state index contributed by atoms with van der Waals surface area (Å²) in [4.78, 5) is 17.3. The summed E-state index contributed by atoms with van der Waals surface area (Å²) in [6.45, 7) is 17.5. The third-order valence-electron chi connectivity index (χ3n) is 4.12. The van der Waals surface area contributed by atoms with Crippen molar-refractivity contribution in [2.75, 3.05) is 4.72 Å². The fourth-order valence-corrected chi connectivity index (χ4v) is 3.74. The molecule has 0 saturated carbocycles. The second-order valence-corrected chi connectivity index (χ2v) is 8.14. The molecule has 6 heteroatoms. The fraction of sp³-hybridized carbons (Fsp3) is 0.333. The highest BCUT2D eigenvalue weighted by Crippen LogP contribution is 2.24. The van der Waals surface area contributed by atoms with Crippen molar-refractivity contribution in [2.24, 2.45) is 0 Å². The highest BCUT2D eigenvalue weighted by Gasteiger charge is 2.20. The molecule has 5 nitrogen and oxygen atoms in total. The molecule has 0 atom stereocenters. The minimum absolute atomic E-state index is 0.140. The van der Waals surface area contributed by atoms with Gasteiger partial charge in [0.2, 0.25) is 5.78 Å². The normalized spacial score (nSPS) is 9.73. The van der Waals surface area contributed by atoms with Crippen LogP contribution in [0.4, 0.5) is 5.69 Å². The van der Waals surface area contributed by atoms with E-state index in [0.717, 1.165) is 16.8 Å². The average Bonchev–Trinajstić information content (AvgIpc) is 2.84. The van der Waals surface area contributed by atoms with Gasteiger partial charge in [-0.25, -0.2) is 13.4 Å².